The van der Waals surface area contributed by atoms with Crippen molar-refractivity contribution in [2.45, 2.75) is 83.6 Å². The van der Waals surface area contributed by atoms with Crippen LogP contribution < -0.4 is 5.32 Å². The molecule has 0 radical (unpaired) electrons. The lowest BCUT2D eigenvalue weighted by Crippen LogP contribution is -2.63. The average Bonchev–Trinajstić information content (AvgIpc) is 2.45. The molecule has 1 saturated heterocycles. The molecule has 6 atom stereocenters. The summed E-state index contributed by atoms with van der Waals surface area (Å²) < 4.78 is 0. The first-order valence-corrected chi connectivity index (χ1v) is 9.34. The number of piperidine rings is 1. The van der Waals surface area contributed by atoms with E-state index < -0.39 is 0 Å². The third-order valence-corrected chi connectivity index (χ3v) is 8.08. The van der Waals surface area contributed by atoms with Gasteiger partial charge in [-0.3, -0.25) is 4.79 Å². The Morgan fingerprint density at radius 3 is 2.67 bits per heavy atom. The van der Waals surface area contributed by atoms with Crippen LogP contribution in [0.3, 0.4) is 0 Å². The van der Waals surface area contributed by atoms with Gasteiger partial charge < -0.3 is 5.32 Å². The van der Waals surface area contributed by atoms with Crippen molar-refractivity contribution in [2.75, 3.05) is 0 Å². The van der Waals surface area contributed by atoms with E-state index in [1.54, 1.807) is 0 Å². The van der Waals surface area contributed by atoms with Crippen LogP contribution in [0, 0.1) is 29.1 Å². The molecule has 0 aromatic carbocycles. The average molecular weight is 289 g/mol. The molecule has 1 N–H and O–H groups in total. The van der Waals surface area contributed by atoms with Crippen LogP contribution >= 0.6 is 0 Å². The van der Waals surface area contributed by atoms with Crippen molar-refractivity contribution in [3.8, 4) is 0 Å². The van der Waals surface area contributed by atoms with Crippen molar-refractivity contribution in [1.82, 2.24) is 5.32 Å². The predicted octanol–water partition coefficient (Wildman–Crippen LogP) is 4.29. The Bertz CT molecular complexity index is 447. The molecule has 2 nitrogen and oxygen atoms in total. The maximum atomic E-state index is 11.9. The Hall–Kier alpha value is -0.530. The number of amides is 1. The smallest absolute Gasteiger partial charge is 0.220 e. The number of fused-ring (bicyclic) bond motifs is 5. The van der Waals surface area contributed by atoms with Gasteiger partial charge >= 0.3 is 0 Å². The molecule has 118 valence electrons. The quantitative estimate of drug-likeness (QED) is 0.708. The summed E-state index contributed by atoms with van der Waals surface area (Å²) in [6, 6.07) is 0. The number of nitrogens with one attached hydrogen (secondary N) is 1. The summed E-state index contributed by atoms with van der Waals surface area (Å²) in [4.78, 5) is 11.9. The Kier molecular flexibility index (Phi) is 3.17. The van der Waals surface area contributed by atoms with Crippen molar-refractivity contribution in [2.24, 2.45) is 29.1 Å². The minimum atomic E-state index is 0.106. The van der Waals surface area contributed by atoms with Gasteiger partial charge in [0.05, 0.1) is 0 Å². The fraction of sp³-hybridized carbons (Fsp3) is 0.947. The van der Waals surface area contributed by atoms with Crippen LogP contribution in [0.5, 0.6) is 0 Å². The van der Waals surface area contributed by atoms with E-state index in [2.05, 4.69) is 19.2 Å². The summed E-state index contributed by atoms with van der Waals surface area (Å²) >= 11 is 0. The molecule has 3 aliphatic carbocycles. The molecule has 0 aromatic rings. The lowest BCUT2D eigenvalue weighted by molar-refractivity contribution is -0.138. The van der Waals surface area contributed by atoms with E-state index in [0.717, 1.165) is 36.5 Å². The van der Waals surface area contributed by atoms with Crippen LogP contribution in [0.25, 0.3) is 0 Å². The molecule has 3 saturated carbocycles. The SMILES string of the molecule is C[C@]12CCC3C(CC[C@@H]4CCCC[C@]34C)C1CCC(=O)N2. The van der Waals surface area contributed by atoms with Crippen LogP contribution in [0.4, 0.5) is 0 Å². The molecular formula is C19H31NO. The van der Waals surface area contributed by atoms with E-state index in [-0.39, 0.29) is 5.54 Å². The van der Waals surface area contributed by atoms with E-state index in [0.29, 0.717) is 11.3 Å². The summed E-state index contributed by atoms with van der Waals surface area (Å²) in [6.07, 6.45) is 13.2. The maximum Gasteiger partial charge on any atom is 0.220 e. The van der Waals surface area contributed by atoms with Gasteiger partial charge in [0.15, 0.2) is 0 Å². The first-order chi connectivity index (χ1) is 10.0. The van der Waals surface area contributed by atoms with Gasteiger partial charge in [-0.25, -0.2) is 0 Å². The lowest BCUT2D eigenvalue weighted by Gasteiger charge is -2.62. The van der Waals surface area contributed by atoms with Crippen molar-refractivity contribution in [3.05, 3.63) is 0 Å². The molecule has 3 unspecified atom stereocenters. The third kappa shape index (κ3) is 2.00. The molecule has 0 aromatic heterocycles. The van der Waals surface area contributed by atoms with E-state index in [4.69, 9.17) is 0 Å². The van der Waals surface area contributed by atoms with Gasteiger partial charge in [-0.2, -0.15) is 0 Å². The maximum absolute atomic E-state index is 11.9. The second-order valence-corrected chi connectivity index (χ2v) is 8.95. The molecule has 21 heavy (non-hydrogen) atoms. The number of hydrogen-bond donors (Lipinski definition) is 1. The fourth-order valence-electron chi connectivity index (χ4n) is 6.97. The Morgan fingerprint density at radius 1 is 0.952 bits per heavy atom. The molecule has 0 spiro atoms. The van der Waals surface area contributed by atoms with Crippen molar-refractivity contribution in [3.63, 3.8) is 0 Å². The zero-order valence-corrected chi connectivity index (χ0v) is 13.8. The van der Waals surface area contributed by atoms with Crippen molar-refractivity contribution >= 4 is 5.91 Å². The highest BCUT2D eigenvalue weighted by Crippen LogP contribution is 2.62. The van der Waals surface area contributed by atoms with Crippen LogP contribution in [-0.4, -0.2) is 11.4 Å². The summed E-state index contributed by atoms with van der Waals surface area (Å²) in [6.45, 7) is 4.96. The Balaban J connectivity index is 1.63. The summed E-state index contributed by atoms with van der Waals surface area (Å²) in [5.41, 5.74) is 0.721. The molecule has 0 bridgehead atoms. The normalized spacial score (nSPS) is 53.1. The van der Waals surface area contributed by atoms with Gasteiger partial charge in [-0.15, -0.1) is 0 Å². The molecular weight excluding hydrogens is 258 g/mol. The lowest BCUT2D eigenvalue weighted by atomic mass is 9.45. The summed E-state index contributed by atoms with van der Waals surface area (Å²) in [5, 5.41) is 3.37. The van der Waals surface area contributed by atoms with Crippen LogP contribution in [-0.2, 0) is 4.79 Å². The van der Waals surface area contributed by atoms with Crippen molar-refractivity contribution in [1.29, 1.82) is 0 Å². The predicted molar refractivity (Wildman–Crippen MR) is 84.8 cm³/mol. The number of carbonyl (C=O) groups excluding carboxylic acids is 1. The van der Waals surface area contributed by atoms with E-state index in [1.165, 1.54) is 51.4 Å². The van der Waals surface area contributed by atoms with Gasteiger partial charge in [-0.1, -0.05) is 19.8 Å². The minimum Gasteiger partial charge on any atom is -0.351 e. The van der Waals surface area contributed by atoms with Gasteiger partial charge in [0.25, 0.3) is 0 Å². The number of rotatable bonds is 0. The second kappa shape index (κ2) is 4.73. The standard InChI is InChI=1S/C19H31NO/c1-18-11-4-3-5-13(18)6-7-14-15(18)10-12-19(2)16(14)8-9-17(21)20-19/h13-16H,3-12H2,1-2H3,(H,20,21)/t13-,14?,15?,16?,18-,19-/m0/s1. The highest BCUT2D eigenvalue weighted by molar-refractivity contribution is 5.77. The number of carbonyl (C=O) groups is 1. The molecule has 4 rings (SSSR count). The zero-order chi connectivity index (χ0) is 14.7. The minimum absolute atomic E-state index is 0.106. The molecule has 1 heterocycles. The monoisotopic (exact) mass is 289 g/mol. The first-order valence-electron chi connectivity index (χ1n) is 9.34. The van der Waals surface area contributed by atoms with Gasteiger partial charge in [0, 0.05) is 12.0 Å². The van der Waals surface area contributed by atoms with Gasteiger partial charge in [0.2, 0.25) is 5.91 Å². The van der Waals surface area contributed by atoms with Crippen LogP contribution in [0.15, 0.2) is 0 Å². The first kappa shape index (κ1) is 14.1. The number of hydrogen-bond acceptors (Lipinski definition) is 1. The fourth-order valence-corrected chi connectivity index (χ4v) is 6.97. The van der Waals surface area contributed by atoms with Gasteiger partial charge in [-0.05, 0) is 81.0 Å². The zero-order valence-electron chi connectivity index (χ0n) is 13.8. The second-order valence-electron chi connectivity index (χ2n) is 8.95. The van der Waals surface area contributed by atoms with E-state index in [9.17, 15) is 4.79 Å². The molecule has 4 aliphatic rings. The summed E-state index contributed by atoms with van der Waals surface area (Å²) in [7, 11) is 0. The molecule has 4 fully saturated rings. The van der Waals surface area contributed by atoms with Crippen LogP contribution in [0.2, 0.25) is 0 Å². The van der Waals surface area contributed by atoms with Crippen LogP contribution in [0.1, 0.15) is 78.1 Å². The molecule has 1 amide bonds. The highest BCUT2D eigenvalue weighted by Gasteiger charge is 2.57. The highest BCUT2D eigenvalue weighted by atomic mass is 16.1. The van der Waals surface area contributed by atoms with E-state index in [1.807, 2.05) is 0 Å². The summed E-state index contributed by atoms with van der Waals surface area (Å²) in [5.74, 6) is 3.85. The Morgan fingerprint density at radius 2 is 1.81 bits per heavy atom. The largest absolute Gasteiger partial charge is 0.351 e. The molecule has 1 aliphatic heterocycles. The van der Waals surface area contributed by atoms with Gasteiger partial charge in [0.1, 0.15) is 0 Å². The van der Waals surface area contributed by atoms with Crippen molar-refractivity contribution < 1.29 is 4.79 Å². The third-order valence-electron chi connectivity index (χ3n) is 8.08. The Labute approximate surface area is 129 Å². The van der Waals surface area contributed by atoms with E-state index >= 15 is 0 Å². The topological polar surface area (TPSA) is 29.1 Å². The molecule has 2 heteroatoms.